The lowest BCUT2D eigenvalue weighted by molar-refractivity contribution is 0.0698. The molecule has 0 aliphatic heterocycles. The highest BCUT2D eigenvalue weighted by Crippen LogP contribution is 2.31. The average molecular weight is 358 g/mol. The van der Waals surface area contributed by atoms with Gasteiger partial charge in [-0.1, -0.05) is 42.5 Å². The van der Waals surface area contributed by atoms with E-state index < -0.39 is 5.97 Å². The molecule has 0 spiro atoms. The van der Waals surface area contributed by atoms with Crippen molar-refractivity contribution in [3.8, 4) is 22.4 Å². The lowest BCUT2D eigenvalue weighted by Gasteiger charge is -2.12. The van der Waals surface area contributed by atoms with Crippen LogP contribution in [0.5, 0.6) is 0 Å². The molecule has 0 saturated heterocycles. The largest absolute Gasteiger partial charge is 0.478 e. The summed E-state index contributed by atoms with van der Waals surface area (Å²) in [4.78, 5) is 20.6. The van der Waals surface area contributed by atoms with Gasteiger partial charge in [-0.2, -0.15) is 0 Å². The van der Waals surface area contributed by atoms with Crippen LogP contribution in [0.2, 0.25) is 0 Å². The zero-order valence-electron chi connectivity index (χ0n) is 14.5. The van der Waals surface area contributed by atoms with Crippen LogP contribution in [0, 0.1) is 12.7 Å². The first-order valence-corrected chi connectivity index (χ1v) is 8.40. The number of fused-ring (bicyclic) bond motifs is 1. The number of aromatic carboxylic acids is 1. The molecule has 2 aromatic heterocycles. The number of carboxylic acid groups (broad SMARTS) is 1. The fourth-order valence-corrected chi connectivity index (χ4v) is 3.23. The number of rotatable bonds is 3. The summed E-state index contributed by atoms with van der Waals surface area (Å²) in [7, 11) is 0. The van der Waals surface area contributed by atoms with Crippen LogP contribution >= 0.6 is 0 Å². The molecule has 2 heterocycles. The number of aromatic nitrogens is 2. The summed E-state index contributed by atoms with van der Waals surface area (Å²) in [6, 6.07) is 17.3. The minimum absolute atomic E-state index is 0.147. The van der Waals surface area contributed by atoms with Gasteiger partial charge in [-0.05, 0) is 36.2 Å². The monoisotopic (exact) mass is 358 g/mol. The van der Waals surface area contributed by atoms with E-state index in [-0.39, 0.29) is 11.4 Å². The number of carbonyl (C=O) groups is 1. The second kappa shape index (κ2) is 6.61. The van der Waals surface area contributed by atoms with Crippen molar-refractivity contribution in [2.24, 2.45) is 0 Å². The van der Waals surface area contributed by atoms with Crippen molar-refractivity contribution in [3.05, 3.63) is 83.8 Å². The van der Waals surface area contributed by atoms with Gasteiger partial charge in [0.2, 0.25) is 0 Å². The lowest BCUT2D eigenvalue weighted by atomic mass is 9.98. The number of benzene rings is 2. The molecule has 5 heteroatoms. The summed E-state index contributed by atoms with van der Waals surface area (Å²) in [6.45, 7) is 1.73. The molecule has 0 bridgehead atoms. The maximum atomic E-state index is 14.0. The van der Waals surface area contributed by atoms with Crippen LogP contribution in [0.15, 0.2) is 66.9 Å². The maximum absolute atomic E-state index is 14.0. The van der Waals surface area contributed by atoms with Gasteiger partial charge in [0, 0.05) is 17.3 Å². The Morgan fingerprint density at radius 3 is 2.37 bits per heavy atom. The summed E-state index contributed by atoms with van der Waals surface area (Å²) in [5.41, 5.74) is 4.19. The Labute approximate surface area is 155 Å². The molecule has 0 aliphatic rings. The fourth-order valence-electron chi connectivity index (χ4n) is 3.23. The van der Waals surface area contributed by atoms with Gasteiger partial charge in [-0.15, -0.1) is 0 Å². The highest BCUT2D eigenvalue weighted by Gasteiger charge is 2.19. The number of nitrogens with zero attached hydrogens (tertiary/aromatic N) is 2. The number of halogens is 1. The zero-order valence-corrected chi connectivity index (χ0v) is 14.5. The van der Waals surface area contributed by atoms with Crippen LogP contribution < -0.4 is 0 Å². The van der Waals surface area contributed by atoms with Gasteiger partial charge in [0.15, 0.2) is 0 Å². The van der Waals surface area contributed by atoms with Crippen LogP contribution in [0.3, 0.4) is 0 Å². The van der Waals surface area contributed by atoms with E-state index in [1.807, 2.05) is 24.3 Å². The standard InChI is InChI=1S/C22H15FN2O2/c1-13-19(22(26)27)21-18(7-4-12-24-21)25-20(13)15-10-8-14(9-11-15)16-5-2-3-6-17(16)23/h2-12H,1H3,(H,26,27). The first-order chi connectivity index (χ1) is 13.1. The topological polar surface area (TPSA) is 63.1 Å². The summed E-state index contributed by atoms with van der Waals surface area (Å²) < 4.78 is 14.0. The quantitative estimate of drug-likeness (QED) is 0.553. The predicted octanol–water partition coefficient (Wildman–Crippen LogP) is 5.11. The van der Waals surface area contributed by atoms with Crippen molar-refractivity contribution < 1.29 is 14.3 Å². The van der Waals surface area contributed by atoms with Gasteiger partial charge in [0.25, 0.3) is 0 Å². The molecular formula is C22H15FN2O2. The Morgan fingerprint density at radius 2 is 1.67 bits per heavy atom. The van der Waals surface area contributed by atoms with Crippen molar-refractivity contribution in [1.82, 2.24) is 9.97 Å². The average Bonchev–Trinajstić information content (AvgIpc) is 2.68. The van der Waals surface area contributed by atoms with E-state index in [1.165, 1.54) is 6.07 Å². The first-order valence-electron chi connectivity index (χ1n) is 8.40. The van der Waals surface area contributed by atoms with E-state index in [0.717, 1.165) is 11.1 Å². The molecule has 4 nitrogen and oxygen atoms in total. The Kier molecular flexibility index (Phi) is 4.12. The van der Waals surface area contributed by atoms with E-state index in [2.05, 4.69) is 9.97 Å². The van der Waals surface area contributed by atoms with Gasteiger partial charge in [-0.3, -0.25) is 4.98 Å². The molecule has 27 heavy (non-hydrogen) atoms. The molecule has 0 unspecified atom stereocenters. The first kappa shape index (κ1) is 16.8. The number of carboxylic acids is 1. The van der Waals surface area contributed by atoms with Crippen molar-refractivity contribution >= 4 is 17.0 Å². The molecule has 0 amide bonds. The van der Waals surface area contributed by atoms with Crippen LogP contribution in [0.25, 0.3) is 33.4 Å². The van der Waals surface area contributed by atoms with Crippen molar-refractivity contribution in [2.45, 2.75) is 6.92 Å². The van der Waals surface area contributed by atoms with Crippen molar-refractivity contribution in [2.75, 3.05) is 0 Å². The minimum Gasteiger partial charge on any atom is -0.478 e. The highest BCUT2D eigenvalue weighted by molar-refractivity contribution is 6.03. The van der Waals surface area contributed by atoms with Crippen LogP contribution in [0.4, 0.5) is 4.39 Å². The SMILES string of the molecule is Cc1c(-c2ccc(-c3ccccc3F)cc2)nc2cccnc2c1C(=O)O. The van der Waals surface area contributed by atoms with Gasteiger partial charge in [-0.25, -0.2) is 14.2 Å². The number of hydrogen-bond donors (Lipinski definition) is 1. The Balaban J connectivity index is 1.87. The smallest absolute Gasteiger partial charge is 0.338 e. The maximum Gasteiger partial charge on any atom is 0.338 e. The lowest BCUT2D eigenvalue weighted by Crippen LogP contribution is -2.06. The summed E-state index contributed by atoms with van der Waals surface area (Å²) in [6.07, 6.45) is 1.55. The molecule has 1 N–H and O–H groups in total. The normalized spacial score (nSPS) is 10.9. The van der Waals surface area contributed by atoms with E-state index in [0.29, 0.717) is 27.9 Å². The molecule has 0 saturated carbocycles. The Hall–Kier alpha value is -3.60. The third kappa shape index (κ3) is 2.93. The Morgan fingerprint density at radius 1 is 0.963 bits per heavy atom. The molecule has 0 fully saturated rings. The molecule has 132 valence electrons. The van der Waals surface area contributed by atoms with E-state index in [9.17, 15) is 14.3 Å². The molecule has 4 rings (SSSR count). The molecule has 0 atom stereocenters. The third-order valence-corrected chi connectivity index (χ3v) is 4.54. The van der Waals surface area contributed by atoms with E-state index >= 15 is 0 Å². The van der Waals surface area contributed by atoms with Gasteiger partial charge in [0.1, 0.15) is 11.3 Å². The second-order valence-electron chi connectivity index (χ2n) is 6.19. The molecule has 0 radical (unpaired) electrons. The van der Waals surface area contributed by atoms with Crippen LogP contribution in [-0.4, -0.2) is 21.0 Å². The summed E-state index contributed by atoms with van der Waals surface area (Å²) in [5.74, 6) is -1.33. The van der Waals surface area contributed by atoms with Gasteiger partial charge in [0.05, 0.1) is 16.8 Å². The van der Waals surface area contributed by atoms with Crippen molar-refractivity contribution in [1.29, 1.82) is 0 Å². The fraction of sp³-hybridized carbons (Fsp3) is 0.0455. The predicted molar refractivity (Wildman–Crippen MR) is 102 cm³/mol. The second-order valence-corrected chi connectivity index (χ2v) is 6.19. The Bertz CT molecular complexity index is 1170. The molecule has 0 aliphatic carbocycles. The van der Waals surface area contributed by atoms with Gasteiger partial charge < -0.3 is 5.11 Å². The molecule has 2 aromatic carbocycles. The minimum atomic E-state index is -1.04. The van der Waals surface area contributed by atoms with E-state index in [4.69, 9.17) is 0 Å². The van der Waals surface area contributed by atoms with Gasteiger partial charge >= 0.3 is 5.97 Å². The van der Waals surface area contributed by atoms with Crippen LogP contribution in [-0.2, 0) is 0 Å². The number of hydrogen-bond acceptors (Lipinski definition) is 3. The third-order valence-electron chi connectivity index (χ3n) is 4.54. The summed E-state index contributed by atoms with van der Waals surface area (Å²) in [5, 5.41) is 9.65. The molecular weight excluding hydrogens is 343 g/mol. The number of pyridine rings is 2. The van der Waals surface area contributed by atoms with Crippen LogP contribution in [0.1, 0.15) is 15.9 Å². The van der Waals surface area contributed by atoms with Crippen molar-refractivity contribution in [3.63, 3.8) is 0 Å². The summed E-state index contributed by atoms with van der Waals surface area (Å²) >= 11 is 0. The molecule has 4 aromatic rings. The highest BCUT2D eigenvalue weighted by atomic mass is 19.1. The zero-order chi connectivity index (χ0) is 19.0. The van der Waals surface area contributed by atoms with E-state index in [1.54, 1.807) is 43.5 Å².